The zero-order valence-electron chi connectivity index (χ0n) is 17.4. The number of carbonyl (C=O) groups is 1. The van der Waals surface area contributed by atoms with Crippen LogP contribution in [0, 0.1) is 0 Å². The van der Waals surface area contributed by atoms with Gasteiger partial charge in [0.15, 0.2) is 5.96 Å². The Balaban J connectivity index is 0.00000729. The van der Waals surface area contributed by atoms with Gasteiger partial charge in [0.25, 0.3) is 0 Å². The van der Waals surface area contributed by atoms with Gasteiger partial charge in [0.1, 0.15) is 6.54 Å². The molecular weight excluding hydrogens is 469 g/mol. The number of unbranched alkanes of at least 4 members (excludes halogenated alkanes) is 1. The molecule has 0 aromatic carbocycles. The molecule has 0 aliphatic carbocycles. The van der Waals surface area contributed by atoms with Crippen LogP contribution in [-0.4, -0.2) is 68.2 Å². The molecule has 0 fully saturated rings. The molecule has 0 aliphatic heterocycles. The average Bonchev–Trinajstić information content (AvgIpc) is 2.69. The predicted molar refractivity (Wildman–Crippen MR) is 125 cm³/mol. The fourth-order valence-corrected chi connectivity index (χ4v) is 2.29. The van der Waals surface area contributed by atoms with E-state index in [4.69, 9.17) is 4.74 Å². The summed E-state index contributed by atoms with van der Waals surface area (Å²) >= 11 is 0. The maximum atomic E-state index is 12.3. The van der Waals surface area contributed by atoms with E-state index in [0.717, 1.165) is 57.7 Å². The lowest BCUT2D eigenvalue weighted by atomic mass is 10.2. The first-order valence-corrected chi connectivity index (χ1v) is 9.91. The van der Waals surface area contributed by atoms with Gasteiger partial charge in [0, 0.05) is 58.2 Å². The molecule has 1 aromatic heterocycles. The minimum absolute atomic E-state index is 0. The standard InChI is InChI=1S/C20H35N5O2.HI/c1-4-6-15-27-16-9-13-23-20(21-5-2)24-17-19(26)25(3)14-11-18-10-7-8-12-22-18;/h7-8,10,12H,4-6,9,11,13-17H2,1-3H3,(H2,21,23,24);1H. The van der Waals surface area contributed by atoms with E-state index in [2.05, 4.69) is 27.5 Å². The third kappa shape index (κ3) is 12.9. The van der Waals surface area contributed by atoms with E-state index in [1.54, 1.807) is 18.1 Å². The first-order valence-electron chi connectivity index (χ1n) is 9.91. The molecule has 0 radical (unpaired) electrons. The molecule has 0 saturated heterocycles. The van der Waals surface area contributed by atoms with Gasteiger partial charge < -0.3 is 20.3 Å². The number of aliphatic imine (C=N–C) groups is 1. The van der Waals surface area contributed by atoms with Crippen LogP contribution in [0.5, 0.6) is 0 Å². The highest BCUT2D eigenvalue weighted by Crippen LogP contribution is 1.97. The average molecular weight is 505 g/mol. The van der Waals surface area contributed by atoms with E-state index in [-0.39, 0.29) is 36.4 Å². The Hall–Kier alpha value is -1.42. The van der Waals surface area contributed by atoms with Gasteiger partial charge in [-0.25, -0.2) is 4.99 Å². The van der Waals surface area contributed by atoms with Crippen molar-refractivity contribution in [2.75, 3.05) is 46.4 Å². The number of aromatic nitrogens is 1. The van der Waals surface area contributed by atoms with Crippen molar-refractivity contribution in [2.24, 2.45) is 4.99 Å². The van der Waals surface area contributed by atoms with Crippen molar-refractivity contribution in [3.63, 3.8) is 0 Å². The predicted octanol–water partition coefficient (Wildman–Crippen LogP) is 2.46. The summed E-state index contributed by atoms with van der Waals surface area (Å²) in [5, 5.41) is 6.41. The first kappa shape index (κ1) is 26.6. The smallest absolute Gasteiger partial charge is 0.244 e. The molecule has 0 unspecified atom stereocenters. The molecule has 0 bridgehead atoms. The van der Waals surface area contributed by atoms with Gasteiger partial charge in [0.05, 0.1) is 0 Å². The summed E-state index contributed by atoms with van der Waals surface area (Å²) in [5.41, 5.74) is 0.983. The maximum absolute atomic E-state index is 12.3. The van der Waals surface area contributed by atoms with Crippen molar-refractivity contribution in [3.05, 3.63) is 30.1 Å². The minimum atomic E-state index is -0.00830. The Morgan fingerprint density at radius 2 is 2.00 bits per heavy atom. The number of hydrogen-bond donors (Lipinski definition) is 2. The molecule has 1 amide bonds. The van der Waals surface area contributed by atoms with Crippen LogP contribution in [0.3, 0.4) is 0 Å². The fraction of sp³-hybridized carbons (Fsp3) is 0.650. The Labute approximate surface area is 186 Å². The molecule has 8 heteroatoms. The quantitative estimate of drug-likeness (QED) is 0.187. The lowest BCUT2D eigenvalue weighted by Crippen LogP contribution is -2.39. The van der Waals surface area contributed by atoms with Gasteiger partial charge in [-0.3, -0.25) is 9.78 Å². The highest BCUT2D eigenvalue weighted by Gasteiger charge is 2.09. The second kappa shape index (κ2) is 17.7. The van der Waals surface area contributed by atoms with Crippen LogP contribution in [0.15, 0.2) is 29.4 Å². The van der Waals surface area contributed by atoms with Crippen LogP contribution >= 0.6 is 24.0 Å². The van der Waals surface area contributed by atoms with Crippen LogP contribution in [0.2, 0.25) is 0 Å². The third-order valence-corrected chi connectivity index (χ3v) is 3.97. The fourth-order valence-electron chi connectivity index (χ4n) is 2.29. The SMILES string of the molecule is CCCCOCCCNC(=NCC(=O)N(C)CCc1ccccn1)NCC.I. The van der Waals surface area contributed by atoms with Crippen molar-refractivity contribution < 1.29 is 9.53 Å². The summed E-state index contributed by atoms with van der Waals surface area (Å²) in [5.74, 6) is 0.656. The molecular formula is C20H36IN5O2. The van der Waals surface area contributed by atoms with Crippen LogP contribution < -0.4 is 10.6 Å². The van der Waals surface area contributed by atoms with Crippen LogP contribution in [0.25, 0.3) is 0 Å². The number of likely N-dealkylation sites (N-methyl/N-ethyl adjacent to an activating group) is 1. The molecule has 0 aliphatic rings. The molecule has 28 heavy (non-hydrogen) atoms. The van der Waals surface area contributed by atoms with Crippen LogP contribution in [0.1, 0.15) is 38.8 Å². The number of nitrogens with one attached hydrogen (secondary N) is 2. The van der Waals surface area contributed by atoms with Gasteiger partial charge in [-0.1, -0.05) is 19.4 Å². The summed E-state index contributed by atoms with van der Waals surface area (Å²) < 4.78 is 5.54. The Morgan fingerprint density at radius 1 is 1.21 bits per heavy atom. The number of carbonyl (C=O) groups excluding carboxylic acids is 1. The van der Waals surface area contributed by atoms with E-state index in [1.807, 2.05) is 25.1 Å². The van der Waals surface area contributed by atoms with E-state index in [0.29, 0.717) is 12.5 Å². The largest absolute Gasteiger partial charge is 0.381 e. The number of rotatable bonds is 13. The van der Waals surface area contributed by atoms with Crippen molar-refractivity contribution in [1.29, 1.82) is 0 Å². The van der Waals surface area contributed by atoms with E-state index < -0.39 is 0 Å². The number of guanidine groups is 1. The zero-order valence-corrected chi connectivity index (χ0v) is 19.8. The van der Waals surface area contributed by atoms with E-state index in [1.165, 1.54) is 0 Å². The Bertz CT molecular complexity index is 543. The summed E-state index contributed by atoms with van der Waals surface area (Å²) in [7, 11) is 1.80. The highest BCUT2D eigenvalue weighted by atomic mass is 127. The Kier molecular flexibility index (Phi) is 16.8. The van der Waals surface area contributed by atoms with Crippen LogP contribution in [0.4, 0.5) is 0 Å². The van der Waals surface area contributed by atoms with Crippen molar-refractivity contribution >= 4 is 35.8 Å². The van der Waals surface area contributed by atoms with Gasteiger partial charge >= 0.3 is 0 Å². The Morgan fingerprint density at radius 3 is 2.68 bits per heavy atom. The topological polar surface area (TPSA) is 78.8 Å². The molecule has 0 saturated carbocycles. The summed E-state index contributed by atoms with van der Waals surface area (Å²) in [6.45, 7) is 7.99. The van der Waals surface area contributed by atoms with Crippen molar-refractivity contribution in [1.82, 2.24) is 20.5 Å². The molecule has 0 atom stereocenters. The number of nitrogens with zero attached hydrogens (tertiary/aromatic N) is 3. The highest BCUT2D eigenvalue weighted by molar-refractivity contribution is 14.0. The molecule has 160 valence electrons. The van der Waals surface area contributed by atoms with Crippen molar-refractivity contribution in [2.45, 2.75) is 39.5 Å². The molecule has 0 spiro atoms. The summed E-state index contributed by atoms with van der Waals surface area (Å²) in [4.78, 5) is 22.6. The van der Waals surface area contributed by atoms with Gasteiger partial charge in [-0.2, -0.15) is 0 Å². The number of amides is 1. The van der Waals surface area contributed by atoms with Gasteiger partial charge in [0.2, 0.25) is 5.91 Å². The monoisotopic (exact) mass is 505 g/mol. The van der Waals surface area contributed by atoms with Gasteiger partial charge in [-0.15, -0.1) is 24.0 Å². The number of pyridine rings is 1. The zero-order chi connectivity index (χ0) is 19.7. The number of hydrogen-bond acceptors (Lipinski definition) is 4. The van der Waals surface area contributed by atoms with Crippen LogP contribution in [-0.2, 0) is 16.0 Å². The molecule has 1 aromatic rings. The van der Waals surface area contributed by atoms with Gasteiger partial charge in [-0.05, 0) is 31.9 Å². The van der Waals surface area contributed by atoms with E-state index in [9.17, 15) is 4.79 Å². The second-order valence-corrected chi connectivity index (χ2v) is 6.33. The normalized spacial score (nSPS) is 10.9. The molecule has 1 heterocycles. The third-order valence-electron chi connectivity index (χ3n) is 3.97. The molecule has 2 N–H and O–H groups in total. The number of halogens is 1. The molecule has 1 rings (SSSR count). The van der Waals surface area contributed by atoms with Crippen molar-refractivity contribution in [3.8, 4) is 0 Å². The van der Waals surface area contributed by atoms with E-state index >= 15 is 0 Å². The lowest BCUT2D eigenvalue weighted by molar-refractivity contribution is -0.128. The first-order chi connectivity index (χ1) is 13.2. The summed E-state index contributed by atoms with van der Waals surface area (Å²) in [6, 6.07) is 5.81. The minimum Gasteiger partial charge on any atom is -0.381 e. The lowest BCUT2D eigenvalue weighted by Gasteiger charge is -2.16. The summed E-state index contributed by atoms with van der Waals surface area (Å²) in [6.07, 6.45) is 5.67. The molecule has 7 nitrogen and oxygen atoms in total. The second-order valence-electron chi connectivity index (χ2n) is 6.33. The number of ether oxygens (including phenoxy) is 1. The maximum Gasteiger partial charge on any atom is 0.244 e.